The van der Waals surface area contributed by atoms with Crippen molar-refractivity contribution in [2.45, 2.75) is 25.6 Å². The molecule has 0 spiro atoms. The maximum absolute atomic E-state index is 14.9. The number of nitrogens with one attached hydrogen (secondary N) is 1. The van der Waals surface area contributed by atoms with E-state index < -0.39 is 26.9 Å². The first-order valence-corrected chi connectivity index (χ1v) is 14.6. The molecule has 1 amide bonds. The van der Waals surface area contributed by atoms with E-state index in [1.165, 1.54) is 19.5 Å². The van der Waals surface area contributed by atoms with Gasteiger partial charge in [0.25, 0.3) is 0 Å². The minimum absolute atomic E-state index is 0.0464. The number of anilines is 1. The number of ether oxygens (including phenoxy) is 1. The van der Waals surface area contributed by atoms with E-state index in [-0.39, 0.29) is 19.1 Å². The van der Waals surface area contributed by atoms with Crippen LogP contribution in [0.1, 0.15) is 35.0 Å². The summed E-state index contributed by atoms with van der Waals surface area (Å²) in [6, 6.07) is 7.55. The second-order valence-corrected chi connectivity index (χ2v) is 11.4. The van der Waals surface area contributed by atoms with E-state index in [1.807, 2.05) is 24.3 Å². The first-order valence-electron chi connectivity index (χ1n) is 12.1. The van der Waals surface area contributed by atoms with Gasteiger partial charge in [0, 0.05) is 0 Å². The molecule has 6 heterocycles. The van der Waals surface area contributed by atoms with E-state index in [0.29, 0.717) is 29.1 Å². The number of hydrogen-bond acceptors (Lipinski definition) is 7. The normalized spacial score (nSPS) is 20.5. The van der Waals surface area contributed by atoms with Crippen LogP contribution >= 0.6 is 0 Å². The van der Waals surface area contributed by atoms with Crippen molar-refractivity contribution >= 4 is 21.9 Å². The number of rotatable bonds is 5. The molecule has 3 aromatic heterocycles. The summed E-state index contributed by atoms with van der Waals surface area (Å²) in [4.78, 5) is 33.7. The summed E-state index contributed by atoms with van der Waals surface area (Å²) in [5, 5.41) is 4.55. The van der Waals surface area contributed by atoms with Crippen molar-refractivity contribution < 1.29 is 35.1 Å². The molecule has 10 heteroatoms. The number of nitrogens with zero attached hydrogens (tertiary/aromatic N) is 5. The number of carbonyl (C=O) groups excluding carboxylic acids is 1. The molecule has 1 saturated heterocycles. The zero-order valence-corrected chi connectivity index (χ0v) is 22.4. The SMILES string of the molecule is C[C@@]1(F)COCc2ncc(C(=O)NCC3=C[I-]C=c4ncc(-c5cccc(N6CCC6)n5)nc4=C3)cc21. The Balaban J connectivity index is 1.21. The zero-order valence-electron chi connectivity index (χ0n) is 20.2. The van der Waals surface area contributed by atoms with Crippen LogP contribution in [-0.4, -0.2) is 52.1 Å². The molecule has 1 N–H and O–H groups in total. The number of carbonyl (C=O) groups is 1. The van der Waals surface area contributed by atoms with Crippen LogP contribution in [0.15, 0.2) is 46.3 Å². The van der Waals surface area contributed by atoms with Crippen molar-refractivity contribution in [1.82, 2.24) is 25.3 Å². The van der Waals surface area contributed by atoms with Gasteiger partial charge in [-0.2, -0.15) is 0 Å². The predicted molar refractivity (Wildman–Crippen MR) is 133 cm³/mol. The quantitative estimate of drug-likeness (QED) is 0.363. The van der Waals surface area contributed by atoms with Crippen molar-refractivity contribution in [1.29, 1.82) is 0 Å². The van der Waals surface area contributed by atoms with Gasteiger partial charge in [-0.05, 0) is 0 Å². The summed E-state index contributed by atoms with van der Waals surface area (Å²) in [5.74, 6) is 0.660. The van der Waals surface area contributed by atoms with Crippen molar-refractivity contribution in [3.8, 4) is 11.4 Å². The molecule has 3 aliphatic rings. The maximum atomic E-state index is 14.9. The summed E-state index contributed by atoms with van der Waals surface area (Å²) >= 11 is -0.394. The topological polar surface area (TPSA) is 93.1 Å². The van der Waals surface area contributed by atoms with Gasteiger partial charge in [-0.1, -0.05) is 0 Å². The van der Waals surface area contributed by atoms with Crippen LogP contribution in [0.5, 0.6) is 0 Å². The standard InChI is InChI=1S/C27H25FIN6O2/c1-27(28)16-37-15-24-19(27)9-18(13-30-24)26(36)32-12-17-8-21-22(11-29-10-17)31-14-23(33-21)20-4-2-5-25(34-20)35-6-3-7-35/h2,4-5,8-11,13-14H,3,6-7,12,15-16H2,1H3,(H,32,36)/q-1/t27-/m1/s1. The number of hydrogen-bond donors (Lipinski definition) is 1. The number of pyridine rings is 2. The molecule has 0 aromatic carbocycles. The Bertz CT molecular complexity index is 1540. The summed E-state index contributed by atoms with van der Waals surface area (Å²) in [6.07, 6.45) is 6.40. The van der Waals surface area contributed by atoms with Gasteiger partial charge in [0.2, 0.25) is 0 Å². The molecule has 0 saturated carbocycles. The van der Waals surface area contributed by atoms with Crippen LogP contribution in [-0.2, 0) is 17.0 Å². The van der Waals surface area contributed by atoms with Crippen LogP contribution in [0.3, 0.4) is 0 Å². The number of halogens is 2. The number of amides is 1. The average molecular weight is 611 g/mol. The van der Waals surface area contributed by atoms with Gasteiger partial charge in [0.1, 0.15) is 0 Å². The molecule has 0 unspecified atom stereocenters. The fourth-order valence-electron chi connectivity index (χ4n) is 4.37. The molecule has 3 aliphatic heterocycles. The van der Waals surface area contributed by atoms with Crippen LogP contribution in [0, 0.1) is 0 Å². The van der Waals surface area contributed by atoms with Gasteiger partial charge >= 0.3 is 224 Å². The first-order chi connectivity index (χ1) is 18.0. The predicted octanol–water partition coefficient (Wildman–Crippen LogP) is -1.21. The molecule has 8 nitrogen and oxygen atoms in total. The van der Waals surface area contributed by atoms with Gasteiger partial charge in [0.05, 0.1) is 0 Å². The molecule has 1 atom stereocenters. The second kappa shape index (κ2) is 9.90. The Hall–Kier alpha value is -3.25. The molecule has 3 aromatic rings. The third kappa shape index (κ3) is 4.99. The number of alkyl halides is 1. The Labute approximate surface area is 223 Å². The third-order valence-corrected chi connectivity index (χ3v) is 8.67. The van der Waals surface area contributed by atoms with E-state index in [9.17, 15) is 9.18 Å². The average Bonchev–Trinajstić information content (AvgIpc) is 3.07. The summed E-state index contributed by atoms with van der Waals surface area (Å²) in [6.45, 7) is 4.04. The van der Waals surface area contributed by atoms with Gasteiger partial charge in [-0.3, -0.25) is 0 Å². The van der Waals surface area contributed by atoms with Crippen molar-refractivity contribution in [2.24, 2.45) is 0 Å². The Morgan fingerprint density at radius 2 is 2.05 bits per heavy atom. The fraction of sp³-hybridized carbons (Fsp3) is 0.296. The molecular weight excluding hydrogens is 586 g/mol. The molecule has 0 bridgehead atoms. The van der Waals surface area contributed by atoms with Gasteiger partial charge < -0.3 is 0 Å². The van der Waals surface area contributed by atoms with E-state index in [0.717, 1.165) is 40.9 Å². The van der Waals surface area contributed by atoms with Crippen LogP contribution in [0.25, 0.3) is 21.5 Å². The number of fused-ring (bicyclic) bond motifs is 2. The summed E-state index contributed by atoms with van der Waals surface area (Å²) in [5.41, 5.74) is 2.07. The van der Waals surface area contributed by atoms with E-state index >= 15 is 0 Å². The second-order valence-electron chi connectivity index (χ2n) is 9.40. The first kappa shape index (κ1) is 24.1. The van der Waals surface area contributed by atoms with Gasteiger partial charge in [-0.25, -0.2) is 0 Å². The molecule has 37 heavy (non-hydrogen) atoms. The zero-order chi connectivity index (χ0) is 25.4. The molecule has 190 valence electrons. The number of aromatic nitrogens is 4. The van der Waals surface area contributed by atoms with Crippen LogP contribution in [0.2, 0.25) is 0 Å². The van der Waals surface area contributed by atoms with Crippen LogP contribution < -0.4 is 42.1 Å². The van der Waals surface area contributed by atoms with Gasteiger partial charge in [-0.15, -0.1) is 0 Å². The monoisotopic (exact) mass is 611 g/mol. The van der Waals surface area contributed by atoms with Gasteiger partial charge in [0.15, 0.2) is 0 Å². The van der Waals surface area contributed by atoms with Crippen molar-refractivity contribution in [2.75, 3.05) is 31.1 Å². The van der Waals surface area contributed by atoms with E-state index in [1.54, 1.807) is 12.3 Å². The summed E-state index contributed by atoms with van der Waals surface area (Å²) < 4.78 is 24.4. The minimum atomic E-state index is -1.67. The van der Waals surface area contributed by atoms with E-state index in [4.69, 9.17) is 14.7 Å². The third-order valence-electron chi connectivity index (χ3n) is 6.56. The molecule has 0 aliphatic carbocycles. The Kier molecular flexibility index (Phi) is 6.45. The summed E-state index contributed by atoms with van der Waals surface area (Å²) in [7, 11) is 0. The van der Waals surface area contributed by atoms with Crippen molar-refractivity contribution in [3.63, 3.8) is 0 Å². The molecular formula is C27H25FIN6O2-. The molecule has 1 fully saturated rings. The van der Waals surface area contributed by atoms with Crippen molar-refractivity contribution in [3.05, 3.63) is 73.8 Å². The van der Waals surface area contributed by atoms with E-state index in [2.05, 4.69) is 28.4 Å². The van der Waals surface area contributed by atoms with Crippen LogP contribution in [0.4, 0.5) is 10.2 Å². The molecule has 0 radical (unpaired) electrons. The molecule has 6 rings (SSSR count). The fourth-order valence-corrected chi connectivity index (χ4v) is 6.23. The Morgan fingerprint density at radius 3 is 2.89 bits per heavy atom. The Morgan fingerprint density at radius 1 is 1.16 bits per heavy atom.